The highest BCUT2D eigenvalue weighted by atomic mass is 35.5. The van der Waals surface area contributed by atoms with Crippen LogP contribution in [0.15, 0.2) is 0 Å². The van der Waals surface area contributed by atoms with Gasteiger partial charge in [-0.1, -0.05) is 6.92 Å². The van der Waals surface area contributed by atoms with Gasteiger partial charge >= 0.3 is 0 Å². The lowest BCUT2D eigenvalue weighted by atomic mass is 10.1. The number of aryl methyl sites for hydroxylation is 2. The minimum Gasteiger partial charge on any atom is -0.338 e. The summed E-state index contributed by atoms with van der Waals surface area (Å²) in [5.74, 6) is 0.236. The average Bonchev–Trinajstić information content (AvgIpc) is 3.01. The van der Waals surface area contributed by atoms with Crippen LogP contribution >= 0.6 is 24.8 Å². The van der Waals surface area contributed by atoms with Crippen LogP contribution in [0.2, 0.25) is 0 Å². The summed E-state index contributed by atoms with van der Waals surface area (Å²) in [4.78, 5) is 14.7. The van der Waals surface area contributed by atoms with Crippen LogP contribution in [0.3, 0.4) is 0 Å². The molecule has 1 fully saturated rings. The van der Waals surface area contributed by atoms with Gasteiger partial charge < -0.3 is 10.2 Å². The number of amides is 1. The van der Waals surface area contributed by atoms with Crippen molar-refractivity contribution in [1.82, 2.24) is 20.0 Å². The minimum atomic E-state index is 0. The quantitative estimate of drug-likeness (QED) is 0.883. The van der Waals surface area contributed by atoms with Gasteiger partial charge in [0, 0.05) is 37.4 Å². The molecule has 0 bridgehead atoms. The molecule has 1 aromatic heterocycles. The Balaban J connectivity index is 0.00000220. The lowest BCUT2D eigenvalue weighted by Crippen LogP contribution is -2.43. The summed E-state index contributed by atoms with van der Waals surface area (Å²) < 4.78 is 1.86. The highest BCUT2D eigenvalue weighted by Gasteiger charge is 2.26. The standard InChI is InChI=1S/C15H26N4O.2ClH/c1-5-8-19(13-6-7-16-10-13)15(20)9-14-11(2)17-18(4)12(14)3;;/h13,16H,5-10H2,1-4H3;2*1H. The van der Waals surface area contributed by atoms with Crippen molar-refractivity contribution in [2.24, 2.45) is 7.05 Å². The minimum absolute atomic E-state index is 0. The molecule has 1 saturated heterocycles. The molecular weight excluding hydrogens is 323 g/mol. The molecule has 0 radical (unpaired) electrons. The second-order valence-corrected chi connectivity index (χ2v) is 5.68. The topological polar surface area (TPSA) is 50.2 Å². The molecular formula is C15H28Cl2N4O. The van der Waals surface area contributed by atoms with E-state index in [4.69, 9.17) is 0 Å². The zero-order chi connectivity index (χ0) is 14.7. The Labute approximate surface area is 145 Å². The van der Waals surface area contributed by atoms with E-state index in [2.05, 4.69) is 22.2 Å². The van der Waals surface area contributed by atoms with Gasteiger partial charge in [0.2, 0.25) is 5.91 Å². The van der Waals surface area contributed by atoms with E-state index in [9.17, 15) is 4.79 Å². The number of carbonyl (C=O) groups excluding carboxylic acids is 1. The van der Waals surface area contributed by atoms with Crippen LogP contribution in [0.1, 0.15) is 36.7 Å². The summed E-state index contributed by atoms with van der Waals surface area (Å²) in [7, 11) is 1.93. The van der Waals surface area contributed by atoms with Crippen molar-refractivity contribution < 1.29 is 4.79 Å². The van der Waals surface area contributed by atoms with Crippen molar-refractivity contribution in [3.05, 3.63) is 17.0 Å². The summed E-state index contributed by atoms with van der Waals surface area (Å²) in [6.45, 7) is 8.94. The van der Waals surface area contributed by atoms with Gasteiger partial charge in [0.05, 0.1) is 12.1 Å². The molecule has 1 unspecified atom stereocenters. The van der Waals surface area contributed by atoms with Gasteiger partial charge in [-0.05, 0) is 33.2 Å². The van der Waals surface area contributed by atoms with Gasteiger partial charge in [0.1, 0.15) is 0 Å². The lowest BCUT2D eigenvalue weighted by molar-refractivity contribution is -0.132. The fourth-order valence-corrected chi connectivity index (χ4v) is 2.98. The molecule has 1 N–H and O–H groups in total. The van der Waals surface area contributed by atoms with Crippen molar-refractivity contribution in [1.29, 1.82) is 0 Å². The zero-order valence-electron chi connectivity index (χ0n) is 13.9. The van der Waals surface area contributed by atoms with Gasteiger partial charge in [-0.25, -0.2) is 0 Å². The van der Waals surface area contributed by atoms with Gasteiger partial charge in [-0.3, -0.25) is 9.48 Å². The molecule has 2 rings (SSSR count). The van der Waals surface area contributed by atoms with Crippen molar-refractivity contribution in [3.63, 3.8) is 0 Å². The Morgan fingerprint density at radius 1 is 1.41 bits per heavy atom. The first-order chi connectivity index (χ1) is 9.54. The summed E-state index contributed by atoms with van der Waals surface area (Å²) >= 11 is 0. The number of halogens is 2. The maximum absolute atomic E-state index is 12.7. The Bertz CT molecular complexity index is 484. The molecule has 0 aromatic carbocycles. The Morgan fingerprint density at radius 3 is 2.55 bits per heavy atom. The number of nitrogens with one attached hydrogen (secondary N) is 1. The second kappa shape index (κ2) is 9.38. The van der Waals surface area contributed by atoms with Gasteiger partial charge in [-0.2, -0.15) is 5.10 Å². The van der Waals surface area contributed by atoms with Crippen LogP contribution in [-0.2, 0) is 18.3 Å². The van der Waals surface area contributed by atoms with E-state index in [0.29, 0.717) is 12.5 Å². The number of rotatable bonds is 5. The smallest absolute Gasteiger partial charge is 0.227 e. The summed E-state index contributed by atoms with van der Waals surface area (Å²) in [5, 5.41) is 7.75. The molecule has 0 aliphatic carbocycles. The molecule has 1 aliphatic rings. The van der Waals surface area contributed by atoms with Crippen molar-refractivity contribution in [2.45, 2.75) is 46.1 Å². The molecule has 1 aliphatic heterocycles. The molecule has 5 nitrogen and oxygen atoms in total. The SMILES string of the molecule is CCCN(C(=O)Cc1c(C)nn(C)c1C)C1CCNC1.Cl.Cl. The van der Waals surface area contributed by atoms with E-state index in [-0.39, 0.29) is 30.7 Å². The monoisotopic (exact) mass is 350 g/mol. The third-order valence-corrected chi connectivity index (χ3v) is 4.25. The highest BCUT2D eigenvalue weighted by molar-refractivity contribution is 5.85. The molecule has 22 heavy (non-hydrogen) atoms. The first-order valence-corrected chi connectivity index (χ1v) is 7.53. The second-order valence-electron chi connectivity index (χ2n) is 5.68. The van der Waals surface area contributed by atoms with Gasteiger partial charge in [0.25, 0.3) is 0 Å². The molecule has 7 heteroatoms. The summed E-state index contributed by atoms with van der Waals surface area (Å²) in [5.41, 5.74) is 3.15. The number of nitrogens with zero attached hydrogens (tertiary/aromatic N) is 3. The average molecular weight is 351 g/mol. The van der Waals surface area contributed by atoms with Crippen LogP contribution < -0.4 is 5.32 Å². The largest absolute Gasteiger partial charge is 0.338 e. The summed E-state index contributed by atoms with van der Waals surface area (Å²) in [6.07, 6.45) is 2.55. The van der Waals surface area contributed by atoms with Crippen LogP contribution in [0.25, 0.3) is 0 Å². The zero-order valence-corrected chi connectivity index (χ0v) is 15.5. The Kier molecular flexibility index (Phi) is 9.05. The number of hydrogen-bond donors (Lipinski definition) is 1. The maximum Gasteiger partial charge on any atom is 0.227 e. The lowest BCUT2D eigenvalue weighted by Gasteiger charge is -2.28. The third-order valence-electron chi connectivity index (χ3n) is 4.25. The van der Waals surface area contributed by atoms with E-state index < -0.39 is 0 Å². The van der Waals surface area contributed by atoms with E-state index in [0.717, 1.165) is 49.4 Å². The molecule has 1 atom stereocenters. The molecule has 2 heterocycles. The van der Waals surface area contributed by atoms with Crippen molar-refractivity contribution in [2.75, 3.05) is 19.6 Å². The van der Waals surface area contributed by atoms with E-state index in [1.54, 1.807) is 0 Å². The van der Waals surface area contributed by atoms with E-state index in [1.807, 2.05) is 25.6 Å². The Hall–Kier alpha value is -0.780. The first kappa shape index (κ1) is 21.2. The summed E-state index contributed by atoms with van der Waals surface area (Å²) in [6, 6.07) is 0.361. The number of aromatic nitrogens is 2. The fraction of sp³-hybridized carbons (Fsp3) is 0.733. The van der Waals surface area contributed by atoms with Crippen molar-refractivity contribution in [3.8, 4) is 0 Å². The predicted octanol–water partition coefficient (Wildman–Crippen LogP) is 2.02. The predicted molar refractivity (Wildman–Crippen MR) is 94.2 cm³/mol. The first-order valence-electron chi connectivity index (χ1n) is 7.53. The van der Waals surface area contributed by atoms with Crippen LogP contribution in [0.4, 0.5) is 0 Å². The molecule has 1 aromatic rings. The fourth-order valence-electron chi connectivity index (χ4n) is 2.98. The molecule has 128 valence electrons. The van der Waals surface area contributed by atoms with Gasteiger partial charge in [-0.15, -0.1) is 24.8 Å². The number of carbonyl (C=O) groups is 1. The highest BCUT2D eigenvalue weighted by Crippen LogP contribution is 2.16. The van der Waals surface area contributed by atoms with Crippen LogP contribution in [-0.4, -0.2) is 46.3 Å². The van der Waals surface area contributed by atoms with Crippen LogP contribution in [0.5, 0.6) is 0 Å². The van der Waals surface area contributed by atoms with E-state index >= 15 is 0 Å². The maximum atomic E-state index is 12.7. The van der Waals surface area contributed by atoms with E-state index in [1.165, 1.54) is 0 Å². The number of hydrogen-bond acceptors (Lipinski definition) is 3. The molecule has 0 spiro atoms. The molecule has 0 saturated carbocycles. The normalized spacial score (nSPS) is 16.8. The van der Waals surface area contributed by atoms with Gasteiger partial charge in [0.15, 0.2) is 0 Å². The van der Waals surface area contributed by atoms with Crippen LogP contribution in [0, 0.1) is 13.8 Å². The third kappa shape index (κ3) is 4.61. The van der Waals surface area contributed by atoms with Crippen molar-refractivity contribution >= 4 is 30.7 Å². The Morgan fingerprint density at radius 2 is 2.09 bits per heavy atom. The molecule has 1 amide bonds.